The van der Waals surface area contributed by atoms with Crippen LogP contribution in [0.4, 0.5) is 5.69 Å². The summed E-state index contributed by atoms with van der Waals surface area (Å²) >= 11 is 0. The van der Waals surface area contributed by atoms with Gasteiger partial charge in [-0.3, -0.25) is 9.59 Å². The summed E-state index contributed by atoms with van der Waals surface area (Å²) in [5.74, 6) is 0.179. The molecule has 0 aliphatic carbocycles. The third kappa shape index (κ3) is 2.73. The molecular weight excluding hydrogens is 280 g/mol. The fourth-order valence-corrected chi connectivity index (χ4v) is 3.43. The summed E-state index contributed by atoms with van der Waals surface area (Å²) in [5, 5.41) is 10.1. The highest BCUT2D eigenvalue weighted by Gasteiger charge is 2.33. The van der Waals surface area contributed by atoms with E-state index in [9.17, 15) is 14.7 Å². The molecule has 0 bridgehead atoms. The van der Waals surface area contributed by atoms with E-state index in [0.29, 0.717) is 26.1 Å². The molecule has 0 radical (unpaired) electrons. The van der Waals surface area contributed by atoms with Gasteiger partial charge in [-0.1, -0.05) is 18.2 Å². The van der Waals surface area contributed by atoms with Gasteiger partial charge in [0.05, 0.1) is 6.10 Å². The average Bonchev–Trinajstić information content (AvgIpc) is 2.55. The molecule has 1 fully saturated rings. The Morgan fingerprint density at radius 2 is 1.77 bits per heavy atom. The molecule has 3 rings (SSSR count). The van der Waals surface area contributed by atoms with Crippen molar-refractivity contribution in [2.75, 3.05) is 24.5 Å². The van der Waals surface area contributed by atoms with Gasteiger partial charge in [0, 0.05) is 43.7 Å². The van der Waals surface area contributed by atoms with Gasteiger partial charge in [-0.05, 0) is 25.3 Å². The highest BCUT2D eigenvalue weighted by Crippen LogP contribution is 2.35. The van der Waals surface area contributed by atoms with Crippen molar-refractivity contribution in [2.45, 2.75) is 32.3 Å². The van der Waals surface area contributed by atoms with Gasteiger partial charge in [0.2, 0.25) is 11.8 Å². The van der Waals surface area contributed by atoms with E-state index in [4.69, 9.17) is 0 Å². The Hall–Kier alpha value is -1.88. The first-order chi connectivity index (χ1) is 10.6. The number of likely N-dealkylation sites (tertiary alicyclic amines) is 1. The molecular formula is C17H22N2O3. The number of hydrogen-bond donors (Lipinski definition) is 1. The lowest BCUT2D eigenvalue weighted by Crippen LogP contribution is -2.45. The van der Waals surface area contributed by atoms with Gasteiger partial charge in [-0.25, -0.2) is 0 Å². The van der Waals surface area contributed by atoms with Crippen LogP contribution in [0.15, 0.2) is 24.3 Å². The van der Waals surface area contributed by atoms with Gasteiger partial charge < -0.3 is 14.9 Å². The SMILES string of the molecule is CC(=O)N1CCC(C(=O)N2CCC(O)c3ccccc32)CC1. The van der Waals surface area contributed by atoms with Crippen LogP contribution in [0, 0.1) is 5.92 Å². The molecule has 1 atom stereocenters. The van der Waals surface area contributed by atoms with Crippen molar-refractivity contribution in [3.63, 3.8) is 0 Å². The molecule has 22 heavy (non-hydrogen) atoms. The maximum absolute atomic E-state index is 12.8. The van der Waals surface area contributed by atoms with Crippen LogP contribution in [0.2, 0.25) is 0 Å². The van der Waals surface area contributed by atoms with Crippen molar-refractivity contribution in [1.82, 2.24) is 4.90 Å². The van der Waals surface area contributed by atoms with E-state index in [1.807, 2.05) is 29.2 Å². The molecule has 0 spiro atoms. The summed E-state index contributed by atoms with van der Waals surface area (Å²) in [6.07, 6.45) is 1.54. The van der Waals surface area contributed by atoms with Crippen molar-refractivity contribution >= 4 is 17.5 Å². The molecule has 118 valence electrons. The van der Waals surface area contributed by atoms with Crippen molar-refractivity contribution in [3.05, 3.63) is 29.8 Å². The zero-order chi connectivity index (χ0) is 15.7. The number of piperidine rings is 1. The van der Waals surface area contributed by atoms with E-state index in [1.165, 1.54) is 0 Å². The Labute approximate surface area is 130 Å². The number of para-hydroxylation sites is 1. The third-order valence-corrected chi connectivity index (χ3v) is 4.77. The zero-order valence-electron chi connectivity index (χ0n) is 12.9. The lowest BCUT2D eigenvalue weighted by Gasteiger charge is -2.37. The molecule has 0 saturated carbocycles. The summed E-state index contributed by atoms with van der Waals surface area (Å²) in [5.41, 5.74) is 1.67. The van der Waals surface area contributed by atoms with E-state index in [-0.39, 0.29) is 17.7 Å². The number of rotatable bonds is 1. The molecule has 2 aliphatic heterocycles. The van der Waals surface area contributed by atoms with Crippen LogP contribution in [0.25, 0.3) is 0 Å². The second-order valence-corrected chi connectivity index (χ2v) is 6.13. The molecule has 2 heterocycles. The minimum atomic E-state index is -0.486. The standard InChI is InChI=1S/C17H22N2O3/c1-12(20)18-9-6-13(7-10-18)17(22)19-11-8-16(21)14-4-2-3-5-15(14)19/h2-5,13,16,21H,6-11H2,1H3. The summed E-state index contributed by atoms with van der Waals surface area (Å²) < 4.78 is 0. The molecule has 5 heteroatoms. The van der Waals surface area contributed by atoms with Gasteiger partial charge >= 0.3 is 0 Å². The van der Waals surface area contributed by atoms with Crippen LogP contribution >= 0.6 is 0 Å². The number of carbonyl (C=O) groups excluding carboxylic acids is 2. The summed E-state index contributed by atoms with van der Waals surface area (Å²) in [7, 11) is 0. The lowest BCUT2D eigenvalue weighted by atomic mass is 9.92. The molecule has 1 saturated heterocycles. The van der Waals surface area contributed by atoms with Gasteiger partial charge in [0.15, 0.2) is 0 Å². The van der Waals surface area contributed by atoms with Gasteiger partial charge in [0.1, 0.15) is 0 Å². The molecule has 1 unspecified atom stereocenters. The maximum Gasteiger partial charge on any atom is 0.230 e. The third-order valence-electron chi connectivity index (χ3n) is 4.77. The zero-order valence-corrected chi connectivity index (χ0v) is 12.9. The smallest absolute Gasteiger partial charge is 0.230 e. The number of benzene rings is 1. The number of amides is 2. The Bertz CT molecular complexity index is 579. The monoisotopic (exact) mass is 302 g/mol. The molecule has 5 nitrogen and oxygen atoms in total. The van der Waals surface area contributed by atoms with E-state index < -0.39 is 6.10 Å². The first-order valence-corrected chi connectivity index (χ1v) is 7.92. The minimum absolute atomic E-state index is 0.0288. The fourth-order valence-electron chi connectivity index (χ4n) is 3.43. The number of carbonyl (C=O) groups is 2. The van der Waals surface area contributed by atoms with Crippen molar-refractivity contribution < 1.29 is 14.7 Å². The average molecular weight is 302 g/mol. The van der Waals surface area contributed by atoms with Crippen molar-refractivity contribution in [2.24, 2.45) is 5.92 Å². The quantitative estimate of drug-likeness (QED) is 0.859. The molecule has 0 aromatic heterocycles. The molecule has 2 aliphatic rings. The van der Waals surface area contributed by atoms with Crippen LogP contribution in [-0.4, -0.2) is 41.5 Å². The Morgan fingerprint density at radius 1 is 1.09 bits per heavy atom. The van der Waals surface area contributed by atoms with Crippen LogP contribution in [0.1, 0.15) is 37.9 Å². The van der Waals surface area contributed by atoms with E-state index in [0.717, 1.165) is 24.1 Å². The predicted molar refractivity (Wildman–Crippen MR) is 83.3 cm³/mol. The topological polar surface area (TPSA) is 60.9 Å². The van der Waals surface area contributed by atoms with Gasteiger partial charge in [0.25, 0.3) is 0 Å². The van der Waals surface area contributed by atoms with E-state index in [2.05, 4.69) is 0 Å². The lowest BCUT2D eigenvalue weighted by molar-refractivity contribution is -0.133. The Kier molecular flexibility index (Phi) is 4.16. The highest BCUT2D eigenvalue weighted by molar-refractivity contribution is 5.96. The first-order valence-electron chi connectivity index (χ1n) is 7.92. The Balaban J connectivity index is 1.74. The number of hydrogen-bond acceptors (Lipinski definition) is 3. The number of aliphatic hydroxyl groups excluding tert-OH is 1. The largest absolute Gasteiger partial charge is 0.388 e. The fraction of sp³-hybridized carbons (Fsp3) is 0.529. The molecule has 1 aromatic carbocycles. The number of aliphatic hydroxyl groups is 1. The maximum atomic E-state index is 12.8. The molecule has 1 aromatic rings. The highest BCUT2D eigenvalue weighted by atomic mass is 16.3. The van der Waals surface area contributed by atoms with E-state index >= 15 is 0 Å². The second kappa shape index (κ2) is 6.08. The van der Waals surface area contributed by atoms with Gasteiger partial charge in [-0.2, -0.15) is 0 Å². The summed E-state index contributed by atoms with van der Waals surface area (Å²) in [6.45, 7) is 3.45. The second-order valence-electron chi connectivity index (χ2n) is 6.13. The first kappa shape index (κ1) is 15.0. The number of nitrogens with zero attached hydrogens (tertiary/aromatic N) is 2. The van der Waals surface area contributed by atoms with Crippen LogP contribution in [-0.2, 0) is 9.59 Å². The number of fused-ring (bicyclic) bond motifs is 1. The van der Waals surface area contributed by atoms with Gasteiger partial charge in [-0.15, -0.1) is 0 Å². The minimum Gasteiger partial charge on any atom is -0.388 e. The van der Waals surface area contributed by atoms with Crippen LogP contribution < -0.4 is 4.90 Å². The normalized spacial score (nSPS) is 22.4. The molecule has 2 amide bonds. The number of anilines is 1. The summed E-state index contributed by atoms with van der Waals surface area (Å²) in [4.78, 5) is 27.8. The van der Waals surface area contributed by atoms with Crippen molar-refractivity contribution in [3.8, 4) is 0 Å². The summed E-state index contributed by atoms with van der Waals surface area (Å²) in [6, 6.07) is 7.58. The molecule has 1 N–H and O–H groups in total. The van der Waals surface area contributed by atoms with Crippen LogP contribution in [0.5, 0.6) is 0 Å². The predicted octanol–water partition coefficient (Wildman–Crippen LogP) is 1.72. The Morgan fingerprint density at radius 3 is 2.45 bits per heavy atom. The van der Waals surface area contributed by atoms with Crippen LogP contribution in [0.3, 0.4) is 0 Å². The van der Waals surface area contributed by atoms with E-state index in [1.54, 1.807) is 11.8 Å². The van der Waals surface area contributed by atoms with Crippen molar-refractivity contribution in [1.29, 1.82) is 0 Å².